The molecule has 0 saturated heterocycles. The number of rotatable bonds is 6. The minimum atomic E-state index is 0.251. The van der Waals surface area contributed by atoms with Gasteiger partial charge < -0.3 is 10.1 Å². The van der Waals surface area contributed by atoms with Gasteiger partial charge >= 0.3 is 0 Å². The van der Waals surface area contributed by atoms with Crippen LogP contribution in [0.5, 0.6) is 5.75 Å². The number of ether oxygens (including phenoxy) is 1. The minimum Gasteiger partial charge on any atom is -0.496 e. The number of benzene rings is 1. The first-order valence-electron chi connectivity index (χ1n) is 6.07. The second-order valence-corrected chi connectivity index (χ2v) is 4.67. The lowest BCUT2D eigenvalue weighted by atomic mass is 10.1. The zero-order chi connectivity index (χ0) is 12.3. The van der Waals surface area contributed by atoms with Crippen molar-refractivity contribution < 1.29 is 9.53 Å². The molecular formula is C14H19NO2. The molecule has 1 saturated carbocycles. The van der Waals surface area contributed by atoms with Crippen LogP contribution in [0.3, 0.4) is 0 Å². The second kappa shape index (κ2) is 5.32. The molecule has 0 aromatic heterocycles. The van der Waals surface area contributed by atoms with Gasteiger partial charge in [-0.2, -0.15) is 0 Å². The molecule has 17 heavy (non-hydrogen) atoms. The summed E-state index contributed by atoms with van der Waals surface area (Å²) in [6.07, 6.45) is 2.94. The van der Waals surface area contributed by atoms with Crippen molar-refractivity contribution in [1.29, 1.82) is 0 Å². The SMILES string of the molecule is COc1ccc(CC(=O)CNC2CC2)cc1C. The molecule has 1 N–H and O–H groups in total. The smallest absolute Gasteiger partial charge is 0.150 e. The van der Waals surface area contributed by atoms with Crippen molar-refractivity contribution >= 4 is 5.78 Å². The summed E-state index contributed by atoms with van der Waals surface area (Å²) in [5.74, 6) is 1.12. The van der Waals surface area contributed by atoms with Crippen LogP contribution >= 0.6 is 0 Å². The summed E-state index contributed by atoms with van der Waals surface area (Å²) >= 11 is 0. The average Bonchev–Trinajstić information content (AvgIpc) is 3.10. The van der Waals surface area contributed by atoms with E-state index >= 15 is 0 Å². The molecule has 2 rings (SSSR count). The summed E-state index contributed by atoms with van der Waals surface area (Å²) in [5.41, 5.74) is 2.14. The van der Waals surface area contributed by atoms with Crippen LogP contribution in [0.25, 0.3) is 0 Å². The fraction of sp³-hybridized carbons (Fsp3) is 0.500. The molecule has 1 aliphatic carbocycles. The van der Waals surface area contributed by atoms with E-state index in [1.54, 1.807) is 7.11 Å². The molecule has 92 valence electrons. The van der Waals surface area contributed by atoms with Gasteiger partial charge in [-0.15, -0.1) is 0 Å². The van der Waals surface area contributed by atoms with Gasteiger partial charge in [-0.25, -0.2) is 0 Å². The summed E-state index contributed by atoms with van der Waals surface area (Å²) in [7, 11) is 1.66. The van der Waals surface area contributed by atoms with Gasteiger partial charge in [0, 0.05) is 12.5 Å². The Morgan fingerprint density at radius 3 is 2.82 bits per heavy atom. The topological polar surface area (TPSA) is 38.3 Å². The Balaban J connectivity index is 1.88. The van der Waals surface area contributed by atoms with Gasteiger partial charge in [0.15, 0.2) is 5.78 Å². The number of aryl methyl sites for hydroxylation is 1. The van der Waals surface area contributed by atoms with Crippen LogP contribution in [0, 0.1) is 6.92 Å². The Bertz CT molecular complexity index is 411. The van der Waals surface area contributed by atoms with Crippen LogP contribution in [0.1, 0.15) is 24.0 Å². The van der Waals surface area contributed by atoms with Crippen molar-refractivity contribution in [3.8, 4) is 5.75 Å². The largest absolute Gasteiger partial charge is 0.496 e. The van der Waals surface area contributed by atoms with Crippen LogP contribution in [0.4, 0.5) is 0 Å². The third kappa shape index (κ3) is 3.56. The molecule has 1 aromatic carbocycles. The first kappa shape index (κ1) is 12.1. The number of nitrogens with one attached hydrogen (secondary N) is 1. The third-order valence-electron chi connectivity index (χ3n) is 3.03. The number of methoxy groups -OCH3 is 1. The zero-order valence-corrected chi connectivity index (χ0v) is 10.5. The monoisotopic (exact) mass is 233 g/mol. The van der Waals surface area contributed by atoms with E-state index in [4.69, 9.17) is 4.74 Å². The number of hydrogen-bond donors (Lipinski definition) is 1. The Labute approximate surface area is 102 Å². The Hall–Kier alpha value is -1.35. The van der Waals surface area contributed by atoms with Gasteiger partial charge in [0.05, 0.1) is 13.7 Å². The van der Waals surface area contributed by atoms with Gasteiger partial charge in [0.1, 0.15) is 5.75 Å². The summed E-state index contributed by atoms with van der Waals surface area (Å²) in [5, 5.41) is 3.24. The molecule has 0 unspecified atom stereocenters. The molecule has 0 heterocycles. The predicted molar refractivity (Wildman–Crippen MR) is 67.5 cm³/mol. The van der Waals surface area contributed by atoms with Crippen LogP contribution in [-0.4, -0.2) is 25.5 Å². The summed E-state index contributed by atoms with van der Waals surface area (Å²) in [4.78, 5) is 11.7. The Kier molecular flexibility index (Phi) is 3.79. The highest BCUT2D eigenvalue weighted by Gasteiger charge is 2.21. The van der Waals surface area contributed by atoms with E-state index in [-0.39, 0.29) is 5.78 Å². The summed E-state index contributed by atoms with van der Waals surface area (Å²) < 4.78 is 5.19. The van der Waals surface area contributed by atoms with Crippen molar-refractivity contribution in [2.24, 2.45) is 0 Å². The lowest BCUT2D eigenvalue weighted by molar-refractivity contribution is -0.117. The summed E-state index contributed by atoms with van der Waals surface area (Å²) in [6, 6.07) is 6.50. The van der Waals surface area contributed by atoms with E-state index in [1.807, 2.05) is 25.1 Å². The molecule has 3 nitrogen and oxygen atoms in total. The highest BCUT2D eigenvalue weighted by Crippen LogP contribution is 2.19. The van der Waals surface area contributed by atoms with Crippen molar-refractivity contribution in [3.05, 3.63) is 29.3 Å². The predicted octanol–water partition coefficient (Wildman–Crippen LogP) is 1.87. The molecule has 3 heteroatoms. The molecule has 0 bridgehead atoms. The van der Waals surface area contributed by atoms with Crippen molar-refractivity contribution in [2.45, 2.75) is 32.2 Å². The first-order valence-corrected chi connectivity index (χ1v) is 6.07. The standard InChI is InChI=1S/C14H19NO2/c1-10-7-11(3-6-14(10)17-2)8-13(16)9-15-12-4-5-12/h3,6-7,12,15H,4-5,8-9H2,1-2H3. The van der Waals surface area contributed by atoms with Crippen LogP contribution in [0.2, 0.25) is 0 Å². The number of hydrogen-bond acceptors (Lipinski definition) is 3. The van der Waals surface area contributed by atoms with E-state index in [0.717, 1.165) is 16.9 Å². The maximum atomic E-state index is 11.7. The lowest BCUT2D eigenvalue weighted by Crippen LogP contribution is -2.25. The number of carbonyl (C=O) groups is 1. The maximum Gasteiger partial charge on any atom is 0.150 e. The van der Waals surface area contributed by atoms with E-state index in [1.165, 1.54) is 12.8 Å². The average molecular weight is 233 g/mol. The Morgan fingerprint density at radius 2 is 2.24 bits per heavy atom. The molecule has 1 aromatic rings. The molecule has 1 fully saturated rings. The van der Waals surface area contributed by atoms with E-state index in [2.05, 4.69) is 5.32 Å². The molecule has 1 aliphatic rings. The normalized spacial score (nSPS) is 14.7. The molecule has 0 atom stereocenters. The molecular weight excluding hydrogens is 214 g/mol. The number of Topliss-reactive ketones (excluding diaryl/α,β-unsaturated/α-hetero) is 1. The van der Waals surface area contributed by atoms with Crippen LogP contribution in [-0.2, 0) is 11.2 Å². The van der Waals surface area contributed by atoms with Crippen molar-refractivity contribution in [1.82, 2.24) is 5.32 Å². The van der Waals surface area contributed by atoms with Gasteiger partial charge in [-0.1, -0.05) is 12.1 Å². The third-order valence-corrected chi connectivity index (χ3v) is 3.03. The first-order chi connectivity index (χ1) is 8.19. The fourth-order valence-electron chi connectivity index (χ4n) is 1.89. The van der Waals surface area contributed by atoms with E-state index < -0.39 is 0 Å². The summed E-state index contributed by atoms with van der Waals surface area (Å²) in [6.45, 7) is 2.49. The second-order valence-electron chi connectivity index (χ2n) is 4.67. The quantitative estimate of drug-likeness (QED) is 0.815. The molecule has 0 amide bonds. The van der Waals surface area contributed by atoms with Crippen LogP contribution in [0.15, 0.2) is 18.2 Å². The fourth-order valence-corrected chi connectivity index (χ4v) is 1.89. The van der Waals surface area contributed by atoms with Crippen molar-refractivity contribution in [2.75, 3.05) is 13.7 Å². The van der Waals surface area contributed by atoms with E-state index in [0.29, 0.717) is 19.0 Å². The van der Waals surface area contributed by atoms with E-state index in [9.17, 15) is 4.79 Å². The van der Waals surface area contributed by atoms with Gasteiger partial charge in [0.25, 0.3) is 0 Å². The van der Waals surface area contributed by atoms with Crippen molar-refractivity contribution in [3.63, 3.8) is 0 Å². The van der Waals surface area contributed by atoms with Gasteiger partial charge in [-0.05, 0) is 37.0 Å². The minimum absolute atomic E-state index is 0.251. The number of carbonyl (C=O) groups excluding carboxylic acids is 1. The molecule has 0 radical (unpaired) electrons. The number of ketones is 1. The lowest BCUT2D eigenvalue weighted by Gasteiger charge is -2.07. The zero-order valence-electron chi connectivity index (χ0n) is 10.5. The maximum absolute atomic E-state index is 11.7. The molecule has 0 spiro atoms. The highest BCUT2D eigenvalue weighted by atomic mass is 16.5. The Morgan fingerprint density at radius 1 is 1.47 bits per heavy atom. The highest BCUT2D eigenvalue weighted by molar-refractivity contribution is 5.82. The van der Waals surface area contributed by atoms with Crippen LogP contribution < -0.4 is 10.1 Å². The van der Waals surface area contributed by atoms with Gasteiger partial charge in [-0.3, -0.25) is 4.79 Å². The molecule has 0 aliphatic heterocycles. The van der Waals surface area contributed by atoms with Gasteiger partial charge in [0.2, 0.25) is 0 Å².